The van der Waals surface area contributed by atoms with Crippen LogP contribution in [-0.4, -0.2) is 23.7 Å². The van der Waals surface area contributed by atoms with Crippen molar-refractivity contribution in [3.63, 3.8) is 0 Å². The highest BCUT2D eigenvalue weighted by atomic mass is 16.4. The molecule has 1 saturated carbocycles. The van der Waals surface area contributed by atoms with Crippen LogP contribution >= 0.6 is 0 Å². The fourth-order valence-corrected chi connectivity index (χ4v) is 2.42. The minimum absolute atomic E-state index is 0.259. The van der Waals surface area contributed by atoms with Crippen molar-refractivity contribution < 1.29 is 9.90 Å². The molecule has 0 saturated heterocycles. The number of unbranched alkanes of at least 4 members (excludes halogenated alkanes) is 1. The third-order valence-corrected chi connectivity index (χ3v) is 3.73. The van der Waals surface area contributed by atoms with E-state index in [1.54, 1.807) is 12.1 Å². The fraction of sp³-hybridized carbons (Fsp3) is 0.588. The molecule has 1 aromatic rings. The summed E-state index contributed by atoms with van der Waals surface area (Å²) in [5.74, 6) is -0.931. The number of nitrogens with one attached hydrogen (secondary N) is 1. The van der Waals surface area contributed by atoms with E-state index in [4.69, 9.17) is 10.8 Å². The van der Waals surface area contributed by atoms with Crippen molar-refractivity contribution in [2.45, 2.75) is 57.9 Å². The molecule has 2 rings (SSSR count). The molecule has 1 aliphatic rings. The number of anilines is 1. The predicted octanol–water partition coefficient (Wildman–Crippen LogP) is 3.68. The molecular formula is C17H28N2O2. The summed E-state index contributed by atoms with van der Waals surface area (Å²) >= 11 is 0. The molecule has 1 aromatic carbocycles. The Kier molecular flexibility index (Phi) is 8.51. The summed E-state index contributed by atoms with van der Waals surface area (Å²) < 4.78 is 0. The maximum atomic E-state index is 10.3. The summed E-state index contributed by atoms with van der Waals surface area (Å²) in [6.45, 7) is 3.49. The Morgan fingerprint density at radius 1 is 1.24 bits per heavy atom. The fourth-order valence-electron chi connectivity index (χ4n) is 2.42. The van der Waals surface area contributed by atoms with Gasteiger partial charge in [0, 0.05) is 11.7 Å². The lowest BCUT2D eigenvalue weighted by Gasteiger charge is -2.22. The van der Waals surface area contributed by atoms with Gasteiger partial charge in [0.05, 0.1) is 5.56 Å². The molecule has 1 fully saturated rings. The zero-order chi connectivity index (χ0) is 15.5. The summed E-state index contributed by atoms with van der Waals surface area (Å²) in [6, 6.07) is 6.91. The Bertz CT molecular complexity index is 398. The summed E-state index contributed by atoms with van der Waals surface area (Å²) in [6.07, 6.45) is 9.86. The van der Waals surface area contributed by atoms with Gasteiger partial charge in [-0.05, 0) is 50.1 Å². The van der Waals surface area contributed by atoms with Gasteiger partial charge in [-0.15, -0.1) is 0 Å². The highest BCUT2D eigenvalue weighted by molar-refractivity contribution is 5.87. The van der Waals surface area contributed by atoms with Gasteiger partial charge in [-0.2, -0.15) is 0 Å². The molecule has 4 heteroatoms. The van der Waals surface area contributed by atoms with E-state index < -0.39 is 5.97 Å². The number of nitrogen functional groups attached to an aromatic ring is 1. The summed E-state index contributed by atoms with van der Waals surface area (Å²) in [5, 5.41) is 12.1. The molecule has 118 valence electrons. The standard InChI is InChI=1S/C10H21N.C7H7NO2/c1-2-3-9-11-10-7-5-4-6-8-10;8-6-3-1-5(2-4-6)7(9)10/h10-11H,2-9H2,1H3;1-4H,8H2,(H,9,10). The largest absolute Gasteiger partial charge is 0.478 e. The predicted molar refractivity (Wildman–Crippen MR) is 87.6 cm³/mol. The van der Waals surface area contributed by atoms with Crippen LogP contribution in [0.25, 0.3) is 0 Å². The smallest absolute Gasteiger partial charge is 0.335 e. The second-order valence-corrected chi connectivity index (χ2v) is 5.57. The Balaban J connectivity index is 0.000000211. The number of carboxylic acids is 1. The van der Waals surface area contributed by atoms with E-state index in [2.05, 4.69) is 12.2 Å². The highest BCUT2D eigenvalue weighted by Crippen LogP contribution is 2.17. The van der Waals surface area contributed by atoms with Crippen molar-refractivity contribution in [1.29, 1.82) is 0 Å². The number of benzene rings is 1. The van der Waals surface area contributed by atoms with E-state index >= 15 is 0 Å². The molecule has 0 amide bonds. The average molecular weight is 292 g/mol. The molecule has 4 N–H and O–H groups in total. The van der Waals surface area contributed by atoms with E-state index in [0.29, 0.717) is 5.69 Å². The summed E-state index contributed by atoms with van der Waals surface area (Å²) in [5.41, 5.74) is 6.17. The average Bonchev–Trinajstić information content (AvgIpc) is 2.50. The lowest BCUT2D eigenvalue weighted by atomic mass is 9.95. The minimum Gasteiger partial charge on any atom is -0.478 e. The molecule has 4 nitrogen and oxygen atoms in total. The molecule has 0 spiro atoms. The van der Waals surface area contributed by atoms with Crippen LogP contribution in [0.3, 0.4) is 0 Å². The van der Waals surface area contributed by atoms with Gasteiger partial charge in [0.15, 0.2) is 0 Å². The van der Waals surface area contributed by atoms with Crippen molar-refractivity contribution in [2.24, 2.45) is 0 Å². The van der Waals surface area contributed by atoms with E-state index in [0.717, 1.165) is 6.04 Å². The third kappa shape index (κ3) is 7.71. The van der Waals surface area contributed by atoms with Crippen LogP contribution in [0.5, 0.6) is 0 Å². The Hall–Kier alpha value is -1.55. The van der Waals surface area contributed by atoms with Crippen LogP contribution in [-0.2, 0) is 0 Å². The Morgan fingerprint density at radius 2 is 1.86 bits per heavy atom. The molecule has 0 aliphatic heterocycles. The molecule has 0 aromatic heterocycles. The number of hydrogen-bond donors (Lipinski definition) is 3. The molecule has 0 unspecified atom stereocenters. The van der Waals surface area contributed by atoms with Gasteiger partial charge in [-0.3, -0.25) is 0 Å². The van der Waals surface area contributed by atoms with E-state index in [-0.39, 0.29) is 5.56 Å². The number of hydrogen-bond acceptors (Lipinski definition) is 3. The van der Waals surface area contributed by atoms with Crippen LogP contribution < -0.4 is 11.1 Å². The maximum absolute atomic E-state index is 10.3. The first-order valence-corrected chi connectivity index (χ1v) is 7.95. The number of rotatable bonds is 5. The molecule has 0 bridgehead atoms. The summed E-state index contributed by atoms with van der Waals surface area (Å²) in [7, 11) is 0. The van der Waals surface area contributed by atoms with Crippen molar-refractivity contribution in [3.8, 4) is 0 Å². The number of carboxylic acid groups (broad SMARTS) is 1. The van der Waals surface area contributed by atoms with Crippen LogP contribution in [0.1, 0.15) is 62.2 Å². The second-order valence-electron chi connectivity index (χ2n) is 5.57. The normalized spacial score (nSPS) is 15.1. The van der Waals surface area contributed by atoms with Gasteiger partial charge in [-0.25, -0.2) is 4.79 Å². The first kappa shape index (κ1) is 17.5. The molecular weight excluding hydrogens is 264 g/mol. The van der Waals surface area contributed by atoms with Gasteiger partial charge in [0.1, 0.15) is 0 Å². The lowest BCUT2D eigenvalue weighted by molar-refractivity contribution is 0.0697. The molecule has 0 atom stereocenters. The van der Waals surface area contributed by atoms with Gasteiger partial charge >= 0.3 is 5.97 Å². The second kappa shape index (κ2) is 10.2. The van der Waals surface area contributed by atoms with E-state index in [9.17, 15) is 4.79 Å². The summed E-state index contributed by atoms with van der Waals surface area (Å²) in [4.78, 5) is 10.3. The molecule has 0 radical (unpaired) electrons. The molecule has 1 aliphatic carbocycles. The first-order chi connectivity index (χ1) is 10.1. The van der Waals surface area contributed by atoms with Gasteiger partial charge in [-0.1, -0.05) is 32.6 Å². The lowest BCUT2D eigenvalue weighted by Crippen LogP contribution is -2.31. The van der Waals surface area contributed by atoms with Crippen LogP contribution in [0, 0.1) is 0 Å². The number of nitrogens with two attached hydrogens (primary N) is 1. The molecule has 21 heavy (non-hydrogen) atoms. The first-order valence-electron chi connectivity index (χ1n) is 7.95. The molecule has 0 heterocycles. The van der Waals surface area contributed by atoms with Crippen LogP contribution in [0.4, 0.5) is 5.69 Å². The SMILES string of the molecule is CCCCNC1CCCCC1.Nc1ccc(C(=O)O)cc1. The zero-order valence-corrected chi connectivity index (χ0v) is 13.0. The van der Waals surface area contributed by atoms with Gasteiger partial charge in [0.2, 0.25) is 0 Å². The monoisotopic (exact) mass is 292 g/mol. The van der Waals surface area contributed by atoms with Crippen LogP contribution in [0.2, 0.25) is 0 Å². The van der Waals surface area contributed by atoms with Crippen molar-refractivity contribution in [3.05, 3.63) is 29.8 Å². The quantitative estimate of drug-likeness (QED) is 0.571. The number of carbonyl (C=O) groups is 1. The van der Waals surface area contributed by atoms with Crippen molar-refractivity contribution in [1.82, 2.24) is 5.32 Å². The Labute approximate surface area is 127 Å². The third-order valence-electron chi connectivity index (χ3n) is 3.73. The topological polar surface area (TPSA) is 75.3 Å². The number of aromatic carboxylic acids is 1. The van der Waals surface area contributed by atoms with Gasteiger partial charge < -0.3 is 16.2 Å². The van der Waals surface area contributed by atoms with Crippen molar-refractivity contribution in [2.75, 3.05) is 12.3 Å². The van der Waals surface area contributed by atoms with Crippen molar-refractivity contribution >= 4 is 11.7 Å². The van der Waals surface area contributed by atoms with Crippen LogP contribution in [0.15, 0.2) is 24.3 Å². The van der Waals surface area contributed by atoms with E-state index in [1.807, 2.05) is 0 Å². The van der Waals surface area contributed by atoms with E-state index in [1.165, 1.54) is 63.6 Å². The minimum atomic E-state index is -0.931. The Morgan fingerprint density at radius 3 is 2.38 bits per heavy atom. The zero-order valence-electron chi connectivity index (χ0n) is 13.0. The maximum Gasteiger partial charge on any atom is 0.335 e. The van der Waals surface area contributed by atoms with Gasteiger partial charge in [0.25, 0.3) is 0 Å². The highest BCUT2D eigenvalue weighted by Gasteiger charge is 2.11.